The predicted octanol–water partition coefficient (Wildman–Crippen LogP) is 3.78. The van der Waals surface area contributed by atoms with Crippen LogP contribution in [0.2, 0.25) is 5.02 Å². The highest BCUT2D eigenvalue weighted by Gasteiger charge is 2.15. The molecule has 5 nitrogen and oxygen atoms in total. The Morgan fingerprint density at radius 1 is 1.18 bits per heavy atom. The molecule has 0 aliphatic rings. The van der Waals surface area contributed by atoms with Crippen LogP contribution >= 0.6 is 34.2 Å². The van der Waals surface area contributed by atoms with E-state index in [1.165, 1.54) is 17.3 Å². The van der Waals surface area contributed by atoms with E-state index in [1.807, 2.05) is 18.2 Å². The van der Waals surface area contributed by atoms with Gasteiger partial charge in [0.1, 0.15) is 18.3 Å². The number of para-hydroxylation sites is 1. The van der Waals surface area contributed by atoms with E-state index in [2.05, 4.69) is 38.0 Å². The van der Waals surface area contributed by atoms with Crippen molar-refractivity contribution in [3.63, 3.8) is 0 Å². The Morgan fingerprint density at radius 2 is 2.00 bits per heavy atom. The summed E-state index contributed by atoms with van der Waals surface area (Å²) in [5.41, 5.74) is 1.76. The minimum absolute atomic E-state index is 0.200. The first-order valence-corrected chi connectivity index (χ1v) is 7.82. The second-order valence-electron chi connectivity index (χ2n) is 4.41. The number of benzene rings is 2. The first kappa shape index (κ1) is 15.0. The smallest absolute Gasteiger partial charge is 0.256 e. The summed E-state index contributed by atoms with van der Waals surface area (Å²) in [6, 6.07) is 12.7. The van der Waals surface area contributed by atoms with E-state index < -0.39 is 0 Å². The minimum atomic E-state index is -0.200. The van der Waals surface area contributed by atoms with Gasteiger partial charge in [-0.2, -0.15) is 5.10 Å². The number of rotatable bonds is 3. The molecule has 0 spiro atoms. The molecule has 2 aromatic carbocycles. The summed E-state index contributed by atoms with van der Waals surface area (Å²) in [7, 11) is 0. The third kappa shape index (κ3) is 2.97. The summed E-state index contributed by atoms with van der Waals surface area (Å²) in [5, 5.41) is 7.43. The lowest BCUT2D eigenvalue weighted by atomic mass is 10.2. The number of anilines is 1. The van der Waals surface area contributed by atoms with Gasteiger partial charge >= 0.3 is 0 Å². The van der Waals surface area contributed by atoms with E-state index >= 15 is 0 Å². The van der Waals surface area contributed by atoms with E-state index in [1.54, 1.807) is 24.3 Å². The monoisotopic (exact) mass is 424 g/mol. The van der Waals surface area contributed by atoms with Crippen LogP contribution in [0.1, 0.15) is 10.4 Å². The van der Waals surface area contributed by atoms with Crippen molar-refractivity contribution in [2.45, 2.75) is 0 Å². The zero-order valence-corrected chi connectivity index (χ0v) is 14.1. The second-order valence-corrected chi connectivity index (χ2v) is 5.98. The van der Waals surface area contributed by atoms with Gasteiger partial charge in [-0.1, -0.05) is 29.8 Å². The van der Waals surface area contributed by atoms with Crippen molar-refractivity contribution in [3.05, 3.63) is 69.3 Å². The number of hydrogen-bond acceptors (Lipinski definition) is 3. The fraction of sp³-hybridized carbons (Fsp3) is 0. The lowest BCUT2D eigenvalue weighted by Crippen LogP contribution is -2.15. The summed E-state index contributed by atoms with van der Waals surface area (Å²) in [6.07, 6.45) is 2.94. The molecule has 0 atom stereocenters. The van der Waals surface area contributed by atoms with E-state index in [-0.39, 0.29) is 5.91 Å². The van der Waals surface area contributed by atoms with Crippen molar-refractivity contribution >= 4 is 45.8 Å². The van der Waals surface area contributed by atoms with Crippen LogP contribution in [-0.4, -0.2) is 20.7 Å². The predicted molar refractivity (Wildman–Crippen MR) is 93.5 cm³/mol. The van der Waals surface area contributed by atoms with Gasteiger partial charge in [-0.3, -0.25) is 4.79 Å². The minimum Gasteiger partial charge on any atom is -0.320 e. The van der Waals surface area contributed by atoms with E-state index in [4.69, 9.17) is 11.6 Å². The van der Waals surface area contributed by atoms with Crippen molar-refractivity contribution in [2.75, 3.05) is 5.32 Å². The maximum absolute atomic E-state index is 12.5. The summed E-state index contributed by atoms with van der Waals surface area (Å²) >= 11 is 8.37. The summed E-state index contributed by atoms with van der Waals surface area (Å²) in [5.74, 6) is -0.200. The summed E-state index contributed by atoms with van der Waals surface area (Å²) < 4.78 is 2.40. The largest absolute Gasteiger partial charge is 0.320 e. The molecule has 0 fully saturated rings. The molecule has 1 N–H and O–H groups in total. The Kier molecular flexibility index (Phi) is 4.39. The molecule has 0 saturated carbocycles. The van der Waals surface area contributed by atoms with Gasteiger partial charge in [-0.25, -0.2) is 9.67 Å². The molecule has 22 heavy (non-hydrogen) atoms. The molecule has 0 bridgehead atoms. The fourth-order valence-corrected chi connectivity index (χ4v) is 2.90. The van der Waals surface area contributed by atoms with Crippen LogP contribution in [0.25, 0.3) is 5.69 Å². The van der Waals surface area contributed by atoms with Gasteiger partial charge in [0.15, 0.2) is 0 Å². The quantitative estimate of drug-likeness (QED) is 0.651. The maximum atomic E-state index is 12.5. The molecule has 0 aliphatic heterocycles. The average molecular weight is 425 g/mol. The molecule has 0 unspecified atom stereocenters. The molecule has 0 aliphatic carbocycles. The topological polar surface area (TPSA) is 59.8 Å². The van der Waals surface area contributed by atoms with Crippen LogP contribution in [0.15, 0.2) is 55.1 Å². The molecule has 3 rings (SSSR count). The molecule has 0 radical (unpaired) electrons. The Balaban J connectivity index is 1.98. The number of nitrogens with one attached hydrogen (secondary N) is 1. The van der Waals surface area contributed by atoms with Gasteiger partial charge in [0, 0.05) is 3.57 Å². The lowest BCUT2D eigenvalue weighted by molar-refractivity contribution is 0.102. The second kappa shape index (κ2) is 6.45. The Hall–Kier alpha value is -1.93. The van der Waals surface area contributed by atoms with E-state index in [0.717, 1.165) is 3.57 Å². The molecular formula is C15H10ClIN4O. The van der Waals surface area contributed by atoms with Crippen molar-refractivity contribution in [2.24, 2.45) is 0 Å². The number of hydrogen-bond donors (Lipinski definition) is 1. The summed E-state index contributed by atoms with van der Waals surface area (Å²) in [4.78, 5) is 16.4. The van der Waals surface area contributed by atoms with Gasteiger partial charge in [-0.15, -0.1) is 0 Å². The Labute approximate surface area is 145 Å². The zero-order chi connectivity index (χ0) is 15.5. The SMILES string of the molecule is O=C(Nc1cccc(Cl)c1-n1cncn1)c1ccccc1I. The van der Waals surface area contributed by atoms with Crippen LogP contribution in [-0.2, 0) is 0 Å². The van der Waals surface area contributed by atoms with Gasteiger partial charge in [0.25, 0.3) is 5.91 Å². The Bertz CT molecular complexity index is 820. The first-order chi connectivity index (χ1) is 10.7. The van der Waals surface area contributed by atoms with Crippen molar-refractivity contribution < 1.29 is 4.79 Å². The maximum Gasteiger partial charge on any atom is 0.256 e. The number of carbonyl (C=O) groups is 1. The number of halogens is 2. The normalized spacial score (nSPS) is 10.5. The van der Waals surface area contributed by atoms with Gasteiger partial charge in [-0.05, 0) is 46.9 Å². The number of aromatic nitrogens is 3. The molecule has 1 heterocycles. The van der Waals surface area contributed by atoms with E-state index in [0.29, 0.717) is 22.0 Å². The van der Waals surface area contributed by atoms with Crippen LogP contribution in [0.4, 0.5) is 5.69 Å². The Morgan fingerprint density at radius 3 is 2.73 bits per heavy atom. The average Bonchev–Trinajstić information content (AvgIpc) is 3.01. The highest BCUT2D eigenvalue weighted by atomic mass is 127. The number of nitrogens with zero attached hydrogens (tertiary/aromatic N) is 3. The highest BCUT2D eigenvalue weighted by Crippen LogP contribution is 2.28. The van der Waals surface area contributed by atoms with Gasteiger partial charge < -0.3 is 5.32 Å². The van der Waals surface area contributed by atoms with Crippen LogP contribution in [0.5, 0.6) is 0 Å². The number of amides is 1. The van der Waals surface area contributed by atoms with Crippen molar-refractivity contribution in [1.82, 2.24) is 14.8 Å². The first-order valence-electron chi connectivity index (χ1n) is 6.36. The summed E-state index contributed by atoms with van der Waals surface area (Å²) in [6.45, 7) is 0. The third-order valence-corrected chi connectivity index (χ3v) is 4.25. The van der Waals surface area contributed by atoms with Crippen molar-refractivity contribution in [3.8, 4) is 5.69 Å². The van der Waals surface area contributed by atoms with Gasteiger partial charge in [0.05, 0.1) is 16.3 Å². The van der Waals surface area contributed by atoms with Crippen LogP contribution in [0, 0.1) is 3.57 Å². The molecular weight excluding hydrogens is 415 g/mol. The molecule has 1 aromatic heterocycles. The standard InChI is InChI=1S/C15H10ClIN4O/c16-11-5-3-7-13(14(11)21-9-18-8-19-21)20-15(22)10-4-1-2-6-12(10)17/h1-9H,(H,20,22). The molecule has 3 aromatic rings. The third-order valence-electron chi connectivity index (χ3n) is 3.00. The zero-order valence-electron chi connectivity index (χ0n) is 11.2. The molecule has 1 amide bonds. The molecule has 110 valence electrons. The molecule has 0 saturated heterocycles. The lowest BCUT2D eigenvalue weighted by Gasteiger charge is -2.12. The van der Waals surface area contributed by atoms with Crippen LogP contribution < -0.4 is 5.32 Å². The van der Waals surface area contributed by atoms with Crippen LogP contribution in [0.3, 0.4) is 0 Å². The van der Waals surface area contributed by atoms with Crippen molar-refractivity contribution in [1.29, 1.82) is 0 Å². The fourth-order valence-electron chi connectivity index (χ4n) is 2.01. The van der Waals surface area contributed by atoms with Gasteiger partial charge in [0.2, 0.25) is 0 Å². The number of carbonyl (C=O) groups excluding carboxylic acids is 1. The molecule has 7 heteroatoms. The highest BCUT2D eigenvalue weighted by molar-refractivity contribution is 14.1. The van der Waals surface area contributed by atoms with E-state index in [9.17, 15) is 4.79 Å².